The summed E-state index contributed by atoms with van der Waals surface area (Å²) in [5, 5.41) is 0. The molecule has 0 unspecified atom stereocenters. The lowest BCUT2D eigenvalue weighted by Gasteiger charge is -2.26. The fourth-order valence-corrected chi connectivity index (χ4v) is 2.17. The summed E-state index contributed by atoms with van der Waals surface area (Å²) in [6.07, 6.45) is 8.64. The van der Waals surface area contributed by atoms with E-state index in [0.717, 1.165) is 6.42 Å². The predicted molar refractivity (Wildman–Crippen MR) is 53.4 cm³/mol. The zero-order valence-electron chi connectivity index (χ0n) is 7.82. The van der Waals surface area contributed by atoms with Gasteiger partial charge in [0.1, 0.15) is 0 Å². The lowest BCUT2D eigenvalue weighted by atomic mass is 9.82. The van der Waals surface area contributed by atoms with Crippen LogP contribution in [-0.2, 0) is 0 Å². The van der Waals surface area contributed by atoms with E-state index in [2.05, 4.69) is 17.1 Å². The van der Waals surface area contributed by atoms with Crippen LogP contribution in [0.4, 0.5) is 0 Å². The molecule has 2 N–H and O–H groups in total. The molecule has 2 heteroatoms. The van der Waals surface area contributed by atoms with Crippen molar-refractivity contribution in [2.24, 2.45) is 5.73 Å². The molecule has 2 atom stereocenters. The second-order valence-electron chi connectivity index (χ2n) is 3.90. The summed E-state index contributed by atoms with van der Waals surface area (Å²) in [6.45, 7) is 0. The molecule has 1 aromatic heterocycles. The first kappa shape index (κ1) is 8.70. The van der Waals surface area contributed by atoms with E-state index >= 15 is 0 Å². The maximum Gasteiger partial charge on any atom is 0.0270 e. The quantitative estimate of drug-likeness (QED) is 0.711. The summed E-state index contributed by atoms with van der Waals surface area (Å²) in [4.78, 5) is 4.03. The van der Waals surface area contributed by atoms with E-state index in [1.165, 1.54) is 24.8 Å². The summed E-state index contributed by atoms with van der Waals surface area (Å²) >= 11 is 0. The summed E-state index contributed by atoms with van der Waals surface area (Å²) in [6, 6.07) is 4.64. The smallest absolute Gasteiger partial charge is 0.0270 e. The minimum absolute atomic E-state index is 0.409. The Morgan fingerprint density at radius 1 is 1.23 bits per heavy atom. The van der Waals surface area contributed by atoms with Gasteiger partial charge in [0.15, 0.2) is 0 Å². The topological polar surface area (TPSA) is 38.9 Å². The third-order valence-corrected chi connectivity index (χ3v) is 2.89. The number of nitrogens with two attached hydrogens (primary N) is 1. The second kappa shape index (κ2) is 3.88. The SMILES string of the molecule is N[C@H]1CCC[C@@H](c2ccncc2)C1. The number of hydrogen-bond acceptors (Lipinski definition) is 2. The first-order valence-electron chi connectivity index (χ1n) is 5.02. The largest absolute Gasteiger partial charge is 0.328 e. The van der Waals surface area contributed by atoms with Crippen molar-refractivity contribution in [2.75, 3.05) is 0 Å². The standard InChI is InChI=1S/C11H16N2/c12-11-3-1-2-10(8-11)9-4-6-13-7-5-9/h4-7,10-11H,1-3,8,12H2/t10-,11+/m1/s1. The van der Waals surface area contributed by atoms with Gasteiger partial charge in [0.25, 0.3) is 0 Å². The Morgan fingerprint density at radius 3 is 2.69 bits per heavy atom. The molecule has 13 heavy (non-hydrogen) atoms. The number of hydrogen-bond donors (Lipinski definition) is 1. The molecule has 0 saturated heterocycles. The Bertz CT molecular complexity index is 258. The van der Waals surface area contributed by atoms with Crippen molar-refractivity contribution in [1.82, 2.24) is 4.98 Å². The van der Waals surface area contributed by atoms with Crippen LogP contribution >= 0.6 is 0 Å². The highest BCUT2D eigenvalue weighted by Crippen LogP contribution is 2.31. The van der Waals surface area contributed by atoms with Crippen LogP contribution in [0.3, 0.4) is 0 Å². The molecular weight excluding hydrogens is 160 g/mol. The van der Waals surface area contributed by atoms with Crippen molar-refractivity contribution < 1.29 is 0 Å². The average Bonchev–Trinajstić information content (AvgIpc) is 2.19. The molecule has 0 bridgehead atoms. The van der Waals surface area contributed by atoms with Gasteiger partial charge in [-0.05, 0) is 42.9 Å². The second-order valence-corrected chi connectivity index (χ2v) is 3.90. The lowest BCUT2D eigenvalue weighted by Crippen LogP contribution is -2.26. The Hall–Kier alpha value is -0.890. The summed E-state index contributed by atoms with van der Waals surface area (Å²) < 4.78 is 0. The van der Waals surface area contributed by atoms with Crippen molar-refractivity contribution in [3.05, 3.63) is 30.1 Å². The van der Waals surface area contributed by atoms with Crippen LogP contribution in [0.1, 0.15) is 37.2 Å². The van der Waals surface area contributed by atoms with Gasteiger partial charge < -0.3 is 5.73 Å². The van der Waals surface area contributed by atoms with Crippen LogP contribution in [0.5, 0.6) is 0 Å². The van der Waals surface area contributed by atoms with Crippen molar-refractivity contribution >= 4 is 0 Å². The third-order valence-electron chi connectivity index (χ3n) is 2.89. The van der Waals surface area contributed by atoms with Crippen LogP contribution in [0.15, 0.2) is 24.5 Å². The van der Waals surface area contributed by atoms with Crippen LogP contribution in [0.25, 0.3) is 0 Å². The number of pyridine rings is 1. The maximum absolute atomic E-state index is 5.95. The molecule has 2 rings (SSSR count). The molecule has 1 aliphatic carbocycles. The fourth-order valence-electron chi connectivity index (χ4n) is 2.17. The van der Waals surface area contributed by atoms with E-state index in [-0.39, 0.29) is 0 Å². The first-order valence-corrected chi connectivity index (χ1v) is 5.02. The Morgan fingerprint density at radius 2 is 2.00 bits per heavy atom. The molecule has 1 heterocycles. The normalized spacial score (nSPS) is 28.7. The van der Waals surface area contributed by atoms with Crippen LogP contribution in [-0.4, -0.2) is 11.0 Å². The monoisotopic (exact) mass is 176 g/mol. The Labute approximate surface area is 79.2 Å². The average molecular weight is 176 g/mol. The molecule has 0 spiro atoms. The molecule has 0 aromatic carbocycles. The number of aromatic nitrogens is 1. The molecule has 1 saturated carbocycles. The lowest BCUT2D eigenvalue weighted by molar-refractivity contribution is 0.393. The summed E-state index contributed by atoms with van der Waals surface area (Å²) in [7, 11) is 0. The van der Waals surface area contributed by atoms with Crippen molar-refractivity contribution in [3.8, 4) is 0 Å². The van der Waals surface area contributed by atoms with E-state index in [1.807, 2.05) is 12.4 Å². The molecule has 0 amide bonds. The van der Waals surface area contributed by atoms with Crippen LogP contribution in [0.2, 0.25) is 0 Å². The maximum atomic E-state index is 5.95. The van der Waals surface area contributed by atoms with Crippen molar-refractivity contribution in [3.63, 3.8) is 0 Å². The van der Waals surface area contributed by atoms with Crippen LogP contribution in [0, 0.1) is 0 Å². The van der Waals surface area contributed by atoms with Gasteiger partial charge in [-0.1, -0.05) is 6.42 Å². The van der Waals surface area contributed by atoms with Gasteiger partial charge in [-0.15, -0.1) is 0 Å². The van der Waals surface area contributed by atoms with Gasteiger partial charge in [0.05, 0.1) is 0 Å². The van der Waals surface area contributed by atoms with Crippen molar-refractivity contribution in [1.29, 1.82) is 0 Å². The van der Waals surface area contributed by atoms with E-state index in [9.17, 15) is 0 Å². The van der Waals surface area contributed by atoms with Gasteiger partial charge in [-0.3, -0.25) is 4.98 Å². The van der Waals surface area contributed by atoms with E-state index < -0.39 is 0 Å². The minimum atomic E-state index is 0.409. The molecule has 1 aliphatic rings. The van der Waals surface area contributed by atoms with E-state index in [0.29, 0.717) is 12.0 Å². The number of nitrogens with zero attached hydrogens (tertiary/aromatic N) is 1. The Balaban J connectivity index is 2.08. The number of rotatable bonds is 1. The van der Waals surface area contributed by atoms with Gasteiger partial charge >= 0.3 is 0 Å². The molecule has 0 aliphatic heterocycles. The minimum Gasteiger partial charge on any atom is -0.328 e. The highest BCUT2D eigenvalue weighted by Gasteiger charge is 2.20. The van der Waals surface area contributed by atoms with Gasteiger partial charge in [-0.25, -0.2) is 0 Å². The van der Waals surface area contributed by atoms with E-state index in [1.54, 1.807) is 0 Å². The zero-order chi connectivity index (χ0) is 9.10. The molecule has 2 nitrogen and oxygen atoms in total. The Kier molecular flexibility index (Phi) is 2.60. The highest BCUT2D eigenvalue weighted by molar-refractivity contribution is 5.16. The fraction of sp³-hybridized carbons (Fsp3) is 0.545. The molecule has 1 fully saturated rings. The van der Waals surface area contributed by atoms with Gasteiger partial charge in [0, 0.05) is 18.4 Å². The predicted octanol–water partition coefficient (Wildman–Crippen LogP) is 2.07. The molecular formula is C11H16N2. The van der Waals surface area contributed by atoms with E-state index in [4.69, 9.17) is 5.73 Å². The third kappa shape index (κ3) is 2.07. The van der Waals surface area contributed by atoms with Crippen LogP contribution < -0.4 is 5.73 Å². The van der Waals surface area contributed by atoms with Gasteiger partial charge in [-0.2, -0.15) is 0 Å². The summed E-state index contributed by atoms with van der Waals surface area (Å²) in [5.74, 6) is 0.673. The summed E-state index contributed by atoms with van der Waals surface area (Å²) in [5.41, 5.74) is 7.35. The first-order chi connectivity index (χ1) is 6.36. The highest BCUT2D eigenvalue weighted by atomic mass is 14.6. The molecule has 0 radical (unpaired) electrons. The molecule has 70 valence electrons. The van der Waals surface area contributed by atoms with Gasteiger partial charge in [0.2, 0.25) is 0 Å². The molecule has 1 aromatic rings. The zero-order valence-corrected chi connectivity index (χ0v) is 7.82. The van der Waals surface area contributed by atoms with Crippen molar-refractivity contribution in [2.45, 2.75) is 37.6 Å².